The fraction of sp³-hybridized carbons (Fsp3) is 0.400. The van der Waals surface area contributed by atoms with Gasteiger partial charge in [0.25, 0.3) is 11.8 Å². The molecular formula is C15H17ClN2O4. The van der Waals surface area contributed by atoms with E-state index in [4.69, 9.17) is 16.3 Å². The van der Waals surface area contributed by atoms with Crippen LogP contribution in [0.3, 0.4) is 0 Å². The van der Waals surface area contributed by atoms with E-state index in [1.807, 2.05) is 0 Å². The molecular weight excluding hydrogens is 308 g/mol. The van der Waals surface area contributed by atoms with Crippen LogP contribution in [0.1, 0.15) is 29.6 Å². The zero-order valence-corrected chi connectivity index (χ0v) is 12.7. The summed E-state index contributed by atoms with van der Waals surface area (Å²) < 4.78 is 4.82. The first-order valence-corrected chi connectivity index (χ1v) is 7.41. The lowest BCUT2D eigenvalue weighted by Gasteiger charge is -2.07. The first-order chi connectivity index (χ1) is 10.5. The van der Waals surface area contributed by atoms with Gasteiger partial charge < -0.3 is 15.4 Å². The van der Waals surface area contributed by atoms with Crippen molar-refractivity contribution < 1.29 is 19.1 Å². The minimum absolute atomic E-state index is 0.00996. The maximum absolute atomic E-state index is 11.8. The third kappa shape index (κ3) is 5.73. The first-order valence-electron chi connectivity index (χ1n) is 7.03. The van der Waals surface area contributed by atoms with Gasteiger partial charge in [-0.1, -0.05) is 11.6 Å². The molecule has 0 unspecified atom stereocenters. The number of amides is 2. The number of ether oxygens (including phenoxy) is 1. The summed E-state index contributed by atoms with van der Waals surface area (Å²) in [6, 6.07) is 6.66. The van der Waals surface area contributed by atoms with Crippen molar-refractivity contribution in [2.45, 2.75) is 25.3 Å². The Morgan fingerprint density at radius 2 is 1.86 bits per heavy atom. The summed E-state index contributed by atoms with van der Waals surface area (Å²) in [6.45, 7) is -0.134. The number of rotatable bonds is 7. The molecule has 2 amide bonds. The topological polar surface area (TPSA) is 84.5 Å². The number of nitrogens with one attached hydrogen (secondary N) is 2. The number of carbonyl (C=O) groups is 3. The van der Waals surface area contributed by atoms with Crippen molar-refractivity contribution in [2.24, 2.45) is 0 Å². The highest BCUT2D eigenvalue weighted by Gasteiger charge is 2.23. The molecule has 1 saturated carbocycles. The highest BCUT2D eigenvalue weighted by Crippen LogP contribution is 2.18. The summed E-state index contributed by atoms with van der Waals surface area (Å²) in [4.78, 5) is 34.5. The average Bonchev–Trinajstić information content (AvgIpc) is 3.29. The highest BCUT2D eigenvalue weighted by molar-refractivity contribution is 6.30. The van der Waals surface area contributed by atoms with Crippen LogP contribution in [0.25, 0.3) is 0 Å². The van der Waals surface area contributed by atoms with Crippen molar-refractivity contribution >= 4 is 29.4 Å². The molecule has 118 valence electrons. The molecule has 1 aliphatic rings. The maximum Gasteiger partial charge on any atom is 0.308 e. The molecule has 0 atom stereocenters. The molecule has 22 heavy (non-hydrogen) atoms. The number of benzene rings is 1. The highest BCUT2D eigenvalue weighted by atomic mass is 35.5. The minimum Gasteiger partial charge on any atom is -0.456 e. The second-order valence-electron chi connectivity index (χ2n) is 5.02. The van der Waals surface area contributed by atoms with E-state index in [0.29, 0.717) is 10.6 Å². The Morgan fingerprint density at radius 3 is 2.50 bits per heavy atom. The Hall–Kier alpha value is -2.08. The number of carbonyl (C=O) groups excluding carboxylic acids is 3. The van der Waals surface area contributed by atoms with Gasteiger partial charge in [-0.15, -0.1) is 0 Å². The molecule has 1 aromatic rings. The van der Waals surface area contributed by atoms with Gasteiger partial charge >= 0.3 is 5.97 Å². The van der Waals surface area contributed by atoms with Gasteiger partial charge in [0, 0.05) is 23.2 Å². The molecule has 7 heteroatoms. The number of hydrogen-bond acceptors (Lipinski definition) is 4. The van der Waals surface area contributed by atoms with Crippen molar-refractivity contribution in [3.63, 3.8) is 0 Å². The lowest BCUT2D eigenvalue weighted by atomic mass is 10.2. The predicted molar refractivity (Wildman–Crippen MR) is 80.5 cm³/mol. The minimum atomic E-state index is -0.526. The van der Waals surface area contributed by atoms with Crippen molar-refractivity contribution in [3.05, 3.63) is 34.9 Å². The van der Waals surface area contributed by atoms with Crippen LogP contribution in [0.2, 0.25) is 5.02 Å². The van der Waals surface area contributed by atoms with E-state index < -0.39 is 5.97 Å². The van der Waals surface area contributed by atoms with Crippen LogP contribution >= 0.6 is 11.6 Å². The summed E-state index contributed by atoms with van der Waals surface area (Å²) in [7, 11) is 0. The molecule has 0 spiro atoms. The van der Waals surface area contributed by atoms with Gasteiger partial charge in [0.05, 0.1) is 6.42 Å². The van der Waals surface area contributed by atoms with E-state index in [1.165, 1.54) is 0 Å². The molecule has 0 saturated heterocycles. The van der Waals surface area contributed by atoms with Gasteiger partial charge in [-0.3, -0.25) is 14.4 Å². The second-order valence-corrected chi connectivity index (χ2v) is 5.45. The van der Waals surface area contributed by atoms with Gasteiger partial charge in [0.1, 0.15) is 0 Å². The number of hydrogen-bond donors (Lipinski definition) is 2. The Bertz CT molecular complexity index is 555. The van der Waals surface area contributed by atoms with E-state index >= 15 is 0 Å². The number of halogens is 1. The molecule has 1 fully saturated rings. The van der Waals surface area contributed by atoms with Crippen LogP contribution in [-0.4, -0.2) is 37.0 Å². The van der Waals surface area contributed by atoms with Crippen molar-refractivity contribution in [3.8, 4) is 0 Å². The maximum atomic E-state index is 11.8. The third-order valence-electron chi connectivity index (χ3n) is 3.03. The van der Waals surface area contributed by atoms with E-state index in [1.54, 1.807) is 24.3 Å². The van der Waals surface area contributed by atoms with Crippen LogP contribution in [-0.2, 0) is 14.3 Å². The fourth-order valence-corrected chi connectivity index (χ4v) is 1.82. The van der Waals surface area contributed by atoms with Crippen molar-refractivity contribution in [2.75, 3.05) is 13.2 Å². The smallest absolute Gasteiger partial charge is 0.308 e. The zero-order valence-electron chi connectivity index (χ0n) is 11.9. The van der Waals surface area contributed by atoms with Crippen LogP contribution in [0.4, 0.5) is 0 Å². The Kier molecular flexibility index (Phi) is 5.77. The number of esters is 1. The Labute approximate surface area is 133 Å². The van der Waals surface area contributed by atoms with Crippen molar-refractivity contribution in [1.29, 1.82) is 0 Å². The molecule has 0 bridgehead atoms. The summed E-state index contributed by atoms with van der Waals surface area (Å²) in [5.74, 6) is -1.11. The van der Waals surface area contributed by atoms with E-state index in [2.05, 4.69) is 10.6 Å². The first kappa shape index (κ1) is 16.3. The van der Waals surface area contributed by atoms with Gasteiger partial charge in [-0.2, -0.15) is 0 Å². The fourth-order valence-electron chi connectivity index (χ4n) is 1.70. The molecule has 2 N–H and O–H groups in total. The monoisotopic (exact) mass is 324 g/mol. The van der Waals surface area contributed by atoms with Crippen LogP contribution in [0.15, 0.2) is 24.3 Å². The van der Waals surface area contributed by atoms with E-state index in [-0.39, 0.29) is 37.4 Å². The lowest BCUT2D eigenvalue weighted by Crippen LogP contribution is -2.31. The average molecular weight is 325 g/mol. The summed E-state index contributed by atoms with van der Waals surface area (Å²) >= 11 is 5.73. The Balaban J connectivity index is 1.60. The van der Waals surface area contributed by atoms with Gasteiger partial charge in [0.2, 0.25) is 0 Å². The normalized spacial score (nSPS) is 13.3. The zero-order chi connectivity index (χ0) is 15.9. The molecule has 0 aromatic heterocycles. The molecule has 2 rings (SSSR count). The third-order valence-corrected chi connectivity index (χ3v) is 3.28. The van der Waals surface area contributed by atoms with Crippen molar-refractivity contribution in [1.82, 2.24) is 10.6 Å². The molecule has 0 aliphatic heterocycles. The molecule has 1 aromatic carbocycles. The summed E-state index contributed by atoms with van der Waals surface area (Å²) in [6.07, 6.45) is 1.98. The quantitative estimate of drug-likeness (QED) is 0.740. The summed E-state index contributed by atoms with van der Waals surface area (Å²) in [5, 5.41) is 5.85. The largest absolute Gasteiger partial charge is 0.456 e. The second kappa shape index (κ2) is 7.79. The van der Waals surface area contributed by atoms with Crippen LogP contribution in [0, 0.1) is 0 Å². The SMILES string of the molecule is O=C(COC(=O)CCNC(=O)c1ccc(Cl)cc1)NC1CC1. The Morgan fingerprint density at radius 1 is 1.18 bits per heavy atom. The molecule has 0 heterocycles. The lowest BCUT2D eigenvalue weighted by molar-refractivity contribution is -0.148. The molecule has 0 radical (unpaired) electrons. The standard InChI is InChI=1S/C15H17ClN2O4/c16-11-3-1-10(2-4-11)15(21)17-8-7-14(20)22-9-13(19)18-12-5-6-12/h1-4,12H,5-9H2,(H,17,21)(H,18,19). The van der Waals surface area contributed by atoms with E-state index in [9.17, 15) is 14.4 Å². The molecule has 1 aliphatic carbocycles. The van der Waals surface area contributed by atoms with Gasteiger partial charge in [0.15, 0.2) is 6.61 Å². The van der Waals surface area contributed by atoms with Gasteiger partial charge in [-0.25, -0.2) is 0 Å². The van der Waals surface area contributed by atoms with Crippen LogP contribution in [0.5, 0.6) is 0 Å². The summed E-state index contributed by atoms with van der Waals surface area (Å²) in [5.41, 5.74) is 0.460. The predicted octanol–water partition coefficient (Wildman–Crippen LogP) is 1.28. The molecule has 6 nitrogen and oxygen atoms in total. The van der Waals surface area contributed by atoms with E-state index in [0.717, 1.165) is 12.8 Å². The van der Waals surface area contributed by atoms with Gasteiger partial charge in [-0.05, 0) is 37.1 Å². The van der Waals surface area contributed by atoms with Crippen LogP contribution < -0.4 is 10.6 Å².